The van der Waals surface area contributed by atoms with E-state index in [0.717, 1.165) is 17.2 Å². The van der Waals surface area contributed by atoms with Gasteiger partial charge in [0.15, 0.2) is 0 Å². The van der Waals surface area contributed by atoms with Gasteiger partial charge in [0.2, 0.25) is 0 Å². The Hall–Kier alpha value is -1.88. The molecule has 5 heteroatoms. The van der Waals surface area contributed by atoms with E-state index >= 15 is 0 Å². The predicted octanol–water partition coefficient (Wildman–Crippen LogP) is 3.48. The number of nitrogens with zero attached hydrogens (tertiary/aromatic N) is 1. The Labute approximate surface area is 129 Å². The molecular weight excluding hydrogens is 282 g/mol. The smallest absolute Gasteiger partial charge is 0.134 e. The molecule has 0 aliphatic rings. The van der Waals surface area contributed by atoms with Crippen molar-refractivity contribution in [2.75, 3.05) is 6.61 Å². The van der Waals surface area contributed by atoms with Crippen LogP contribution in [0.4, 0.5) is 0 Å². The van der Waals surface area contributed by atoms with Crippen molar-refractivity contribution in [3.05, 3.63) is 45.4 Å². The van der Waals surface area contributed by atoms with Gasteiger partial charge in [-0.3, -0.25) is 5.41 Å². The third-order valence-corrected chi connectivity index (χ3v) is 4.27. The van der Waals surface area contributed by atoms with Gasteiger partial charge in [0.25, 0.3) is 0 Å². The second kappa shape index (κ2) is 6.72. The molecule has 112 valence electrons. The van der Waals surface area contributed by atoms with Crippen LogP contribution in [0, 0.1) is 12.3 Å². The number of ether oxygens (including phenoxy) is 1. The van der Waals surface area contributed by atoms with Crippen LogP contribution in [0.1, 0.15) is 40.8 Å². The predicted molar refractivity (Wildman–Crippen MR) is 87.6 cm³/mol. The number of benzene rings is 1. The standard InChI is InChI=1S/C16H21N3OS/c1-10(2)12-5-4-11(3)8-13(12)20-7-6-15-19-9-14(21-15)16(17)18/h4-5,8-10H,6-7H2,1-3H3,(H3,17,18). The fraction of sp³-hybridized carbons (Fsp3) is 0.375. The van der Waals surface area contributed by atoms with Crippen molar-refractivity contribution in [1.82, 2.24) is 4.98 Å². The van der Waals surface area contributed by atoms with Crippen molar-refractivity contribution in [2.24, 2.45) is 5.73 Å². The summed E-state index contributed by atoms with van der Waals surface area (Å²) in [7, 11) is 0. The molecule has 1 aromatic heterocycles. The highest BCUT2D eigenvalue weighted by Gasteiger charge is 2.09. The number of aryl methyl sites for hydroxylation is 1. The highest BCUT2D eigenvalue weighted by Crippen LogP contribution is 2.27. The monoisotopic (exact) mass is 303 g/mol. The van der Waals surface area contributed by atoms with Gasteiger partial charge < -0.3 is 10.5 Å². The molecule has 1 aromatic carbocycles. The van der Waals surface area contributed by atoms with Crippen LogP contribution >= 0.6 is 11.3 Å². The van der Waals surface area contributed by atoms with Gasteiger partial charge in [-0.2, -0.15) is 0 Å². The van der Waals surface area contributed by atoms with Gasteiger partial charge in [0, 0.05) is 12.6 Å². The zero-order valence-corrected chi connectivity index (χ0v) is 13.5. The van der Waals surface area contributed by atoms with E-state index < -0.39 is 0 Å². The van der Waals surface area contributed by atoms with Crippen molar-refractivity contribution in [3.63, 3.8) is 0 Å². The molecule has 0 saturated carbocycles. The van der Waals surface area contributed by atoms with Gasteiger partial charge in [-0.15, -0.1) is 11.3 Å². The quantitative estimate of drug-likeness (QED) is 0.634. The van der Waals surface area contributed by atoms with Crippen LogP contribution < -0.4 is 10.5 Å². The average Bonchev–Trinajstić information content (AvgIpc) is 2.87. The van der Waals surface area contributed by atoms with Gasteiger partial charge in [-0.1, -0.05) is 26.0 Å². The van der Waals surface area contributed by atoms with Gasteiger partial charge in [-0.05, 0) is 30.0 Å². The lowest BCUT2D eigenvalue weighted by molar-refractivity contribution is 0.317. The summed E-state index contributed by atoms with van der Waals surface area (Å²) < 4.78 is 5.93. The van der Waals surface area contributed by atoms with Gasteiger partial charge in [0.1, 0.15) is 11.6 Å². The van der Waals surface area contributed by atoms with Crippen LogP contribution in [-0.4, -0.2) is 17.4 Å². The molecule has 4 nitrogen and oxygen atoms in total. The first kappa shape index (κ1) is 15.5. The highest BCUT2D eigenvalue weighted by molar-refractivity contribution is 7.13. The van der Waals surface area contributed by atoms with Crippen molar-refractivity contribution < 1.29 is 4.74 Å². The SMILES string of the molecule is Cc1ccc(C(C)C)c(OCCc2ncc(C(=N)N)s2)c1. The molecule has 1 heterocycles. The Balaban J connectivity index is 1.99. The van der Waals surface area contributed by atoms with E-state index in [1.165, 1.54) is 22.5 Å². The number of rotatable bonds is 6. The topological polar surface area (TPSA) is 72.0 Å². The second-order valence-corrected chi connectivity index (χ2v) is 6.44. The average molecular weight is 303 g/mol. The van der Waals surface area contributed by atoms with Crippen molar-refractivity contribution in [2.45, 2.75) is 33.1 Å². The van der Waals surface area contributed by atoms with Crippen molar-refractivity contribution in [3.8, 4) is 5.75 Å². The van der Waals surface area contributed by atoms with E-state index in [1.54, 1.807) is 6.20 Å². The lowest BCUT2D eigenvalue weighted by Crippen LogP contribution is -2.08. The summed E-state index contributed by atoms with van der Waals surface area (Å²) in [6.45, 7) is 6.97. The minimum atomic E-state index is 0.0699. The first-order valence-corrected chi connectivity index (χ1v) is 7.81. The van der Waals surface area contributed by atoms with E-state index in [0.29, 0.717) is 17.4 Å². The first-order chi connectivity index (χ1) is 9.97. The number of nitrogen functional groups attached to an aromatic ring is 1. The molecule has 0 saturated heterocycles. The molecule has 0 atom stereocenters. The van der Waals surface area contributed by atoms with Gasteiger partial charge in [0.05, 0.1) is 16.5 Å². The molecule has 0 spiro atoms. The maximum Gasteiger partial charge on any atom is 0.134 e. The molecule has 21 heavy (non-hydrogen) atoms. The maximum absolute atomic E-state index is 7.38. The lowest BCUT2D eigenvalue weighted by Gasteiger charge is -2.14. The Morgan fingerprint density at radius 3 is 2.81 bits per heavy atom. The summed E-state index contributed by atoms with van der Waals surface area (Å²) >= 11 is 1.45. The zero-order valence-electron chi connectivity index (χ0n) is 12.6. The van der Waals surface area contributed by atoms with E-state index in [-0.39, 0.29) is 5.84 Å². The van der Waals surface area contributed by atoms with Gasteiger partial charge in [-0.25, -0.2) is 4.98 Å². The van der Waals surface area contributed by atoms with Crippen LogP contribution in [0.5, 0.6) is 5.75 Å². The number of nitrogens with one attached hydrogen (secondary N) is 1. The number of thiazole rings is 1. The number of amidine groups is 1. The van der Waals surface area contributed by atoms with Crippen LogP contribution in [-0.2, 0) is 6.42 Å². The molecule has 0 unspecified atom stereocenters. The minimum absolute atomic E-state index is 0.0699. The number of nitrogens with two attached hydrogens (primary N) is 1. The van der Waals surface area contributed by atoms with E-state index in [4.69, 9.17) is 15.9 Å². The molecule has 0 fully saturated rings. The third-order valence-electron chi connectivity index (χ3n) is 3.18. The molecule has 0 radical (unpaired) electrons. The number of hydrogen-bond acceptors (Lipinski definition) is 4. The van der Waals surface area contributed by atoms with Crippen molar-refractivity contribution in [1.29, 1.82) is 5.41 Å². The van der Waals surface area contributed by atoms with Crippen LogP contribution in [0.15, 0.2) is 24.4 Å². The summed E-state index contributed by atoms with van der Waals surface area (Å²) in [5.41, 5.74) is 7.86. The third kappa shape index (κ3) is 4.04. The molecule has 2 aromatic rings. The summed E-state index contributed by atoms with van der Waals surface area (Å²) in [6, 6.07) is 6.33. The maximum atomic E-state index is 7.38. The first-order valence-electron chi connectivity index (χ1n) is 7.00. The number of hydrogen-bond donors (Lipinski definition) is 2. The fourth-order valence-electron chi connectivity index (χ4n) is 2.04. The molecular formula is C16H21N3OS. The largest absolute Gasteiger partial charge is 0.493 e. The van der Waals surface area contributed by atoms with Gasteiger partial charge >= 0.3 is 0 Å². The second-order valence-electron chi connectivity index (χ2n) is 5.33. The Morgan fingerprint density at radius 1 is 1.43 bits per heavy atom. The molecule has 0 aliphatic carbocycles. The molecule has 2 rings (SSSR count). The normalized spacial score (nSPS) is 10.9. The minimum Gasteiger partial charge on any atom is -0.493 e. The van der Waals surface area contributed by atoms with E-state index in [1.807, 2.05) is 0 Å². The molecule has 0 bridgehead atoms. The number of aromatic nitrogens is 1. The Morgan fingerprint density at radius 2 is 2.19 bits per heavy atom. The van der Waals surface area contributed by atoms with E-state index in [9.17, 15) is 0 Å². The Kier molecular flexibility index (Phi) is 4.96. The molecule has 3 N–H and O–H groups in total. The summed E-state index contributed by atoms with van der Waals surface area (Å²) in [5.74, 6) is 1.46. The molecule has 0 aliphatic heterocycles. The van der Waals surface area contributed by atoms with E-state index in [2.05, 4.69) is 44.0 Å². The van der Waals surface area contributed by atoms with Crippen LogP contribution in [0.25, 0.3) is 0 Å². The highest BCUT2D eigenvalue weighted by atomic mass is 32.1. The van der Waals surface area contributed by atoms with Crippen molar-refractivity contribution >= 4 is 17.2 Å². The van der Waals surface area contributed by atoms with Crippen LogP contribution in [0.3, 0.4) is 0 Å². The summed E-state index contributed by atoms with van der Waals surface area (Å²) in [5, 5.41) is 8.32. The summed E-state index contributed by atoms with van der Waals surface area (Å²) in [6.07, 6.45) is 2.37. The lowest BCUT2D eigenvalue weighted by atomic mass is 10.0. The van der Waals surface area contributed by atoms with Crippen LogP contribution in [0.2, 0.25) is 0 Å². The summed E-state index contributed by atoms with van der Waals surface area (Å²) in [4.78, 5) is 4.97. The fourth-order valence-corrected chi connectivity index (χ4v) is 2.80. The molecule has 0 amide bonds. The Bertz CT molecular complexity index is 634. The zero-order chi connectivity index (χ0) is 15.4.